The Kier molecular flexibility index (Phi) is 6.42. The number of amides is 1. The molecule has 0 aliphatic heterocycles. The number of nitrogens with one attached hydrogen (secondary N) is 2. The number of aryl methyl sites for hydroxylation is 2. The predicted molar refractivity (Wildman–Crippen MR) is 103 cm³/mol. The van der Waals surface area contributed by atoms with Gasteiger partial charge < -0.3 is 10.3 Å². The van der Waals surface area contributed by atoms with Gasteiger partial charge in [0.2, 0.25) is 5.91 Å². The summed E-state index contributed by atoms with van der Waals surface area (Å²) in [6.07, 6.45) is 0.636. The minimum atomic E-state index is -0.328. The molecular weight excluding hydrogens is 334 g/mol. The number of H-pyrrole nitrogens is 1. The van der Waals surface area contributed by atoms with E-state index in [1.807, 2.05) is 52.8 Å². The Morgan fingerprint density at radius 2 is 2.00 bits per heavy atom. The fourth-order valence-corrected chi connectivity index (χ4v) is 3.27. The molecule has 0 aliphatic carbocycles. The molecule has 134 valence electrons. The summed E-state index contributed by atoms with van der Waals surface area (Å²) < 4.78 is 0. The van der Waals surface area contributed by atoms with Gasteiger partial charge >= 0.3 is 0 Å². The maximum Gasteiger partial charge on any atom is 0.251 e. The first kappa shape index (κ1) is 19.2. The van der Waals surface area contributed by atoms with Crippen LogP contribution in [0.1, 0.15) is 49.9 Å². The van der Waals surface area contributed by atoms with Gasteiger partial charge in [0.05, 0.1) is 10.9 Å². The van der Waals surface area contributed by atoms with E-state index in [4.69, 9.17) is 0 Å². The highest BCUT2D eigenvalue weighted by molar-refractivity contribution is 8.00. The van der Waals surface area contributed by atoms with Crippen molar-refractivity contribution >= 4 is 23.4 Å². The van der Waals surface area contributed by atoms with Crippen molar-refractivity contribution in [3.05, 3.63) is 51.4 Å². The number of carbonyl (C=O) groups is 1. The van der Waals surface area contributed by atoms with Crippen LogP contribution in [-0.4, -0.2) is 21.1 Å². The van der Waals surface area contributed by atoms with Crippen LogP contribution >= 0.6 is 11.8 Å². The van der Waals surface area contributed by atoms with Crippen molar-refractivity contribution in [2.75, 3.05) is 5.32 Å². The molecule has 6 heteroatoms. The Balaban J connectivity index is 2.18. The third-order valence-electron chi connectivity index (χ3n) is 3.90. The van der Waals surface area contributed by atoms with Crippen molar-refractivity contribution < 1.29 is 4.79 Å². The molecule has 5 nitrogen and oxygen atoms in total. The summed E-state index contributed by atoms with van der Waals surface area (Å²) in [5, 5.41) is 3.15. The molecule has 0 saturated heterocycles. The predicted octanol–water partition coefficient (Wildman–Crippen LogP) is 4.02. The highest BCUT2D eigenvalue weighted by Crippen LogP contribution is 2.25. The number of rotatable bonds is 6. The topological polar surface area (TPSA) is 74.8 Å². The molecule has 2 N–H and O–H groups in total. The van der Waals surface area contributed by atoms with Crippen LogP contribution < -0.4 is 10.9 Å². The number of nitrogens with zero attached hydrogens (tertiary/aromatic N) is 1. The number of carbonyl (C=O) groups excluding carboxylic acids is 1. The van der Waals surface area contributed by atoms with Crippen molar-refractivity contribution in [3.63, 3.8) is 0 Å². The molecule has 2 aromatic rings. The largest absolute Gasteiger partial charge is 0.325 e. The smallest absolute Gasteiger partial charge is 0.251 e. The summed E-state index contributed by atoms with van der Waals surface area (Å²) in [5.41, 5.74) is 3.48. The number of thioether (sulfide) groups is 1. The maximum absolute atomic E-state index is 12.7. The van der Waals surface area contributed by atoms with E-state index >= 15 is 0 Å². The van der Waals surface area contributed by atoms with Gasteiger partial charge in [-0.3, -0.25) is 9.59 Å². The molecule has 1 atom stereocenters. The van der Waals surface area contributed by atoms with Gasteiger partial charge in [-0.15, -0.1) is 0 Å². The summed E-state index contributed by atoms with van der Waals surface area (Å²) in [6, 6.07) is 7.48. The Labute approximate surface area is 152 Å². The zero-order valence-corrected chi connectivity index (χ0v) is 16.2. The van der Waals surface area contributed by atoms with Crippen LogP contribution in [-0.2, 0) is 4.79 Å². The average Bonchev–Trinajstić information content (AvgIpc) is 2.55. The van der Waals surface area contributed by atoms with Crippen molar-refractivity contribution in [3.8, 4) is 0 Å². The van der Waals surface area contributed by atoms with Gasteiger partial charge in [0.25, 0.3) is 5.56 Å². The molecule has 0 fully saturated rings. The first-order valence-corrected chi connectivity index (χ1v) is 9.34. The third-order valence-corrected chi connectivity index (χ3v) is 5.15. The number of aromatic amines is 1. The number of benzene rings is 1. The number of hydrogen-bond donors (Lipinski definition) is 2. The molecule has 2 rings (SSSR count). The van der Waals surface area contributed by atoms with Gasteiger partial charge in [-0.1, -0.05) is 44.7 Å². The van der Waals surface area contributed by atoms with E-state index in [1.54, 1.807) is 0 Å². The first-order valence-electron chi connectivity index (χ1n) is 8.46. The van der Waals surface area contributed by atoms with Crippen LogP contribution in [0.3, 0.4) is 0 Å². The van der Waals surface area contributed by atoms with Crippen molar-refractivity contribution in [1.82, 2.24) is 9.97 Å². The van der Waals surface area contributed by atoms with Gasteiger partial charge in [0.1, 0.15) is 0 Å². The van der Waals surface area contributed by atoms with Crippen LogP contribution in [0.15, 0.2) is 34.2 Å². The third kappa shape index (κ3) is 5.19. The van der Waals surface area contributed by atoms with Crippen molar-refractivity contribution in [1.29, 1.82) is 0 Å². The van der Waals surface area contributed by atoms with Gasteiger partial charge in [-0.25, -0.2) is 4.98 Å². The molecule has 1 amide bonds. The highest BCUT2D eigenvalue weighted by Gasteiger charge is 2.20. The number of hydrogen-bond acceptors (Lipinski definition) is 4. The van der Waals surface area contributed by atoms with Crippen LogP contribution in [0.2, 0.25) is 0 Å². The zero-order chi connectivity index (χ0) is 18.6. The molecule has 0 bridgehead atoms. The molecular formula is C19H25N3O2S. The Morgan fingerprint density at radius 1 is 1.28 bits per heavy atom. The highest BCUT2D eigenvalue weighted by atomic mass is 32.2. The van der Waals surface area contributed by atoms with E-state index < -0.39 is 0 Å². The quantitative estimate of drug-likeness (QED) is 0.603. The van der Waals surface area contributed by atoms with Crippen LogP contribution in [0.5, 0.6) is 0 Å². The van der Waals surface area contributed by atoms with Crippen LogP contribution in [0.4, 0.5) is 5.69 Å². The molecule has 1 aromatic heterocycles. The van der Waals surface area contributed by atoms with Crippen LogP contribution in [0.25, 0.3) is 0 Å². The van der Waals surface area contributed by atoms with Gasteiger partial charge in [-0.05, 0) is 43.4 Å². The Morgan fingerprint density at radius 3 is 2.64 bits per heavy atom. The lowest BCUT2D eigenvalue weighted by Crippen LogP contribution is -2.26. The lowest BCUT2D eigenvalue weighted by molar-refractivity contribution is -0.115. The standard InChI is InChI=1S/C19H25N3O2S/c1-6-16(18(24)20-15-9-12(4)7-8-13(15)5)25-19-21-14(11(2)3)10-17(23)22-19/h7-11,16H,6H2,1-5H3,(H,20,24)(H,21,22,23). The fraction of sp³-hybridized carbons (Fsp3) is 0.421. The van der Waals surface area contributed by atoms with Crippen LogP contribution in [0, 0.1) is 13.8 Å². The molecule has 25 heavy (non-hydrogen) atoms. The van der Waals surface area contributed by atoms with E-state index in [1.165, 1.54) is 17.8 Å². The van der Waals surface area contributed by atoms with Gasteiger partial charge in [0, 0.05) is 11.8 Å². The maximum atomic E-state index is 12.7. The lowest BCUT2D eigenvalue weighted by Gasteiger charge is -2.16. The molecule has 0 spiro atoms. The Bertz CT molecular complexity index is 815. The molecule has 0 radical (unpaired) electrons. The summed E-state index contributed by atoms with van der Waals surface area (Å²) in [5.74, 6) is 0.0734. The zero-order valence-electron chi connectivity index (χ0n) is 15.3. The first-order chi connectivity index (χ1) is 11.8. The van der Waals surface area contributed by atoms with E-state index in [0.29, 0.717) is 11.6 Å². The van der Waals surface area contributed by atoms with E-state index in [-0.39, 0.29) is 22.6 Å². The second-order valence-corrected chi connectivity index (χ2v) is 7.64. The van der Waals surface area contributed by atoms with Gasteiger partial charge in [0.15, 0.2) is 5.16 Å². The SMILES string of the molecule is CCC(Sc1nc(C(C)C)cc(=O)[nH]1)C(=O)Nc1cc(C)ccc1C. The molecule has 1 heterocycles. The van der Waals surface area contributed by atoms with Crippen molar-refractivity contribution in [2.45, 2.75) is 57.4 Å². The minimum Gasteiger partial charge on any atom is -0.325 e. The molecule has 1 unspecified atom stereocenters. The van der Waals surface area contributed by atoms with E-state index in [0.717, 1.165) is 22.5 Å². The Hall–Kier alpha value is -2.08. The monoisotopic (exact) mass is 359 g/mol. The average molecular weight is 359 g/mol. The number of anilines is 1. The summed E-state index contributed by atoms with van der Waals surface area (Å²) in [6.45, 7) is 9.88. The summed E-state index contributed by atoms with van der Waals surface area (Å²) >= 11 is 1.29. The summed E-state index contributed by atoms with van der Waals surface area (Å²) in [4.78, 5) is 31.7. The van der Waals surface area contributed by atoms with Gasteiger partial charge in [-0.2, -0.15) is 0 Å². The molecule has 0 saturated carbocycles. The second kappa shape index (κ2) is 8.34. The fourth-order valence-electron chi connectivity index (χ4n) is 2.35. The van der Waals surface area contributed by atoms with Crippen molar-refractivity contribution in [2.24, 2.45) is 0 Å². The molecule has 1 aromatic carbocycles. The summed E-state index contributed by atoms with van der Waals surface area (Å²) in [7, 11) is 0. The minimum absolute atomic E-state index is 0.0844. The molecule has 0 aliphatic rings. The normalized spacial score (nSPS) is 12.2. The number of aromatic nitrogens is 2. The second-order valence-electron chi connectivity index (χ2n) is 6.45. The van der Waals surface area contributed by atoms with E-state index in [2.05, 4.69) is 15.3 Å². The van der Waals surface area contributed by atoms with E-state index in [9.17, 15) is 9.59 Å². The lowest BCUT2D eigenvalue weighted by atomic mass is 10.1.